The van der Waals surface area contributed by atoms with Crippen LogP contribution in [0.25, 0.3) is 0 Å². The van der Waals surface area contributed by atoms with E-state index in [9.17, 15) is 4.79 Å². The molecule has 0 aliphatic carbocycles. The number of anilines is 1. The van der Waals surface area contributed by atoms with Crippen LogP contribution in [0.2, 0.25) is 0 Å². The van der Waals surface area contributed by atoms with Gasteiger partial charge >= 0.3 is 5.97 Å². The lowest BCUT2D eigenvalue weighted by Gasteiger charge is -2.15. The van der Waals surface area contributed by atoms with Crippen molar-refractivity contribution in [2.45, 2.75) is 19.4 Å². The molecule has 2 N–H and O–H groups in total. The molecule has 2 heterocycles. The van der Waals surface area contributed by atoms with Crippen molar-refractivity contribution in [1.82, 2.24) is 0 Å². The van der Waals surface area contributed by atoms with E-state index in [1.165, 1.54) is 11.3 Å². The minimum absolute atomic E-state index is 0. The number of esters is 1. The Morgan fingerprint density at radius 2 is 2.47 bits per heavy atom. The molecule has 1 aliphatic rings. The lowest BCUT2D eigenvalue weighted by atomic mass is 10.3. The highest BCUT2D eigenvalue weighted by Crippen LogP contribution is 2.33. The smallest absolute Gasteiger partial charge is 0.348 e. The van der Waals surface area contributed by atoms with Gasteiger partial charge in [-0.05, 0) is 19.4 Å². The van der Waals surface area contributed by atoms with Crippen molar-refractivity contribution in [1.29, 1.82) is 5.26 Å². The maximum Gasteiger partial charge on any atom is 0.348 e. The number of carbonyl (C=O) groups excluding carboxylic acids is 1. The third-order valence-corrected chi connectivity index (χ3v) is 4.00. The average molecular weight is 302 g/mol. The van der Waals surface area contributed by atoms with Crippen molar-refractivity contribution < 1.29 is 9.53 Å². The molecule has 0 radical (unpaired) electrons. The van der Waals surface area contributed by atoms with Gasteiger partial charge < -0.3 is 15.4 Å². The minimum Gasteiger partial charge on any atom is -0.462 e. The summed E-state index contributed by atoms with van der Waals surface area (Å²) in [6.45, 7) is 3.66. The quantitative estimate of drug-likeness (QED) is 0.861. The highest BCUT2D eigenvalue weighted by atomic mass is 35.5. The molecule has 0 saturated carbocycles. The van der Waals surface area contributed by atoms with Crippen LogP contribution in [0, 0.1) is 11.3 Å². The van der Waals surface area contributed by atoms with Crippen LogP contribution in [0.3, 0.4) is 0 Å². The monoisotopic (exact) mass is 301 g/mol. The second-order valence-electron chi connectivity index (χ2n) is 4.16. The molecule has 0 amide bonds. The van der Waals surface area contributed by atoms with Crippen LogP contribution in [0.15, 0.2) is 6.07 Å². The van der Waals surface area contributed by atoms with Crippen LogP contribution in [-0.2, 0) is 4.74 Å². The standard InChI is InChI=1S/C12H15N3O2S.ClH/c1-2-17-12(16)10-5-8(6-13)11(18-10)15-4-3-9(14)7-15;/h5,9H,2-4,7,14H2,1H3;1H/t9-;/m0./s1. The SMILES string of the molecule is CCOC(=O)c1cc(C#N)c(N2CC[C@H](N)C2)s1.Cl. The van der Waals surface area contributed by atoms with E-state index in [2.05, 4.69) is 11.0 Å². The van der Waals surface area contributed by atoms with E-state index in [-0.39, 0.29) is 24.4 Å². The topological polar surface area (TPSA) is 79.4 Å². The van der Waals surface area contributed by atoms with E-state index in [4.69, 9.17) is 15.7 Å². The third-order valence-electron chi connectivity index (χ3n) is 2.82. The molecule has 0 unspecified atom stereocenters. The van der Waals surface area contributed by atoms with Gasteiger partial charge in [-0.15, -0.1) is 23.7 Å². The Kier molecular flexibility index (Phi) is 5.60. The van der Waals surface area contributed by atoms with Crippen molar-refractivity contribution in [3.8, 4) is 6.07 Å². The second kappa shape index (κ2) is 6.75. The van der Waals surface area contributed by atoms with Gasteiger partial charge in [-0.2, -0.15) is 5.26 Å². The Morgan fingerprint density at radius 1 is 1.74 bits per heavy atom. The molecule has 2 rings (SSSR count). The van der Waals surface area contributed by atoms with Crippen molar-refractivity contribution >= 4 is 34.7 Å². The van der Waals surface area contributed by atoms with Crippen LogP contribution in [0.1, 0.15) is 28.6 Å². The van der Waals surface area contributed by atoms with Crippen molar-refractivity contribution in [2.75, 3.05) is 24.6 Å². The molecule has 1 fully saturated rings. The molecule has 1 saturated heterocycles. The molecule has 1 aromatic heterocycles. The molecule has 7 heteroatoms. The Morgan fingerprint density at radius 3 is 3.00 bits per heavy atom. The first-order chi connectivity index (χ1) is 8.65. The average Bonchev–Trinajstić information content (AvgIpc) is 2.94. The normalized spacial score (nSPS) is 17.7. The van der Waals surface area contributed by atoms with Gasteiger partial charge in [0.05, 0.1) is 12.2 Å². The predicted octanol–water partition coefficient (Wildman–Crippen LogP) is 1.76. The van der Waals surface area contributed by atoms with E-state index in [1.54, 1.807) is 13.0 Å². The Hall–Kier alpha value is -1.29. The zero-order chi connectivity index (χ0) is 13.1. The lowest BCUT2D eigenvalue weighted by molar-refractivity contribution is 0.0532. The summed E-state index contributed by atoms with van der Waals surface area (Å²) in [5.74, 6) is -0.367. The maximum atomic E-state index is 11.6. The summed E-state index contributed by atoms with van der Waals surface area (Å²) in [4.78, 5) is 14.2. The number of carbonyl (C=O) groups is 1. The van der Waals surface area contributed by atoms with Crippen LogP contribution < -0.4 is 10.6 Å². The molecular formula is C12H16ClN3O2S. The number of halogens is 1. The van der Waals surface area contributed by atoms with Gasteiger partial charge in [0.25, 0.3) is 0 Å². The highest BCUT2D eigenvalue weighted by Gasteiger charge is 2.25. The number of nitriles is 1. The molecular weight excluding hydrogens is 286 g/mol. The van der Waals surface area contributed by atoms with E-state index in [0.29, 0.717) is 17.0 Å². The molecule has 0 bridgehead atoms. The Labute approximate surface area is 122 Å². The van der Waals surface area contributed by atoms with Crippen LogP contribution in [0.4, 0.5) is 5.00 Å². The van der Waals surface area contributed by atoms with E-state index in [0.717, 1.165) is 24.5 Å². The molecule has 19 heavy (non-hydrogen) atoms. The van der Waals surface area contributed by atoms with Crippen LogP contribution in [0.5, 0.6) is 0 Å². The Bertz CT molecular complexity index is 498. The number of rotatable bonds is 3. The molecule has 1 aliphatic heterocycles. The largest absolute Gasteiger partial charge is 0.462 e. The second-order valence-corrected chi connectivity index (χ2v) is 5.19. The first kappa shape index (κ1) is 15.8. The van der Waals surface area contributed by atoms with Gasteiger partial charge in [0.15, 0.2) is 0 Å². The fourth-order valence-corrected chi connectivity index (χ4v) is 3.01. The zero-order valence-corrected chi connectivity index (χ0v) is 12.2. The third kappa shape index (κ3) is 3.38. The van der Waals surface area contributed by atoms with Gasteiger partial charge in [-0.1, -0.05) is 0 Å². The van der Waals surface area contributed by atoms with Crippen LogP contribution in [-0.4, -0.2) is 31.7 Å². The van der Waals surface area contributed by atoms with E-state index in [1.807, 2.05) is 0 Å². The highest BCUT2D eigenvalue weighted by molar-refractivity contribution is 7.18. The van der Waals surface area contributed by atoms with Gasteiger partial charge in [0.1, 0.15) is 15.9 Å². The number of nitrogens with two attached hydrogens (primary N) is 1. The van der Waals surface area contributed by atoms with Crippen molar-refractivity contribution in [3.63, 3.8) is 0 Å². The van der Waals surface area contributed by atoms with Gasteiger partial charge in [-0.25, -0.2) is 4.79 Å². The summed E-state index contributed by atoms with van der Waals surface area (Å²) in [6, 6.07) is 3.87. The minimum atomic E-state index is -0.367. The first-order valence-electron chi connectivity index (χ1n) is 5.87. The summed E-state index contributed by atoms with van der Waals surface area (Å²) in [5, 5.41) is 9.94. The van der Waals surface area contributed by atoms with Crippen molar-refractivity contribution in [3.05, 3.63) is 16.5 Å². The molecule has 0 aromatic carbocycles. The number of nitrogens with zero attached hydrogens (tertiary/aromatic N) is 2. The van der Waals surface area contributed by atoms with Crippen LogP contribution >= 0.6 is 23.7 Å². The predicted molar refractivity (Wildman–Crippen MR) is 77.0 cm³/mol. The molecule has 1 atom stereocenters. The number of ether oxygens (including phenoxy) is 1. The molecule has 104 valence electrons. The van der Waals surface area contributed by atoms with Gasteiger partial charge in [-0.3, -0.25) is 0 Å². The maximum absolute atomic E-state index is 11.6. The van der Waals surface area contributed by atoms with Gasteiger partial charge in [0.2, 0.25) is 0 Å². The molecule has 0 spiro atoms. The Balaban J connectivity index is 0.00000180. The number of hydrogen-bond donors (Lipinski definition) is 1. The summed E-state index contributed by atoms with van der Waals surface area (Å²) >= 11 is 1.30. The zero-order valence-electron chi connectivity index (χ0n) is 10.6. The summed E-state index contributed by atoms with van der Waals surface area (Å²) in [7, 11) is 0. The number of thiophene rings is 1. The molecule has 1 aromatic rings. The lowest BCUT2D eigenvalue weighted by Crippen LogP contribution is -2.26. The number of hydrogen-bond acceptors (Lipinski definition) is 6. The van der Waals surface area contributed by atoms with Gasteiger partial charge in [0, 0.05) is 19.1 Å². The fourth-order valence-electron chi connectivity index (χ4n) is 1.97. The summed E-state index contributed by atoms with van der Waals surface area (Å²) < 4.78 is 4.94. The fraction of sp³-hybridized carbons (Fsp3) is 0.500. The van der Waals surface area contributed by atoms with E-state index >= 15 is 0 Å². The summed E-state index contributed by atoms with van der Waals surface area (Å²) in [5.41, 5.74) is 6.38. The first-order valence-corrected chi connectivity index (χ1v) is 6.69. The van der Waals surface area contributed by atoms with E-state index < -0.39 is 0 Å². The van der Waals surface area contributed by atoms with Crippen molar-refractivity contribution in [2.24, 2.45) is 5.73 Å². The summed E-state index contributed by atoms with van der Waals surface area (Å²) in [6.07, 6.45) is 0.914. The molecule has 5 nitrogen and oxygen atoms in total.